The molecule has 114 valence electrons. The van der Waals surface area contributed by atoms with Crippen LogP contribution in [0, 0.1) is 15.4 Å². The lowest BCUT2D eigenvalue weighted by molar-refractivity contribution is 0.0695. The largest absolute Gasteiger partial charge is 0.478 e. The number of carboxylic acid groups (broad SMARTS) is 1. The quantitative estimate of drug-likeness (QED) is 0.692. The van der Waals surface area contributed by atoms with Gasteiger partial charge in [0.2, 0.25) is 10.0 Å². The number of sulfonamides is 1. The predicted octanol–water partition coefficient (Wildman–Crippen LogP) is 2.46. The minimum atomic E-state index is -3.66. The molecule has 2 N–H and O–H groups in total. The summed E-state index contributed by atoms with van der Waals surface area (Å²) in [5.41, 5.74) is 0.0212. The third kappa shape index (κ3) is 3.40. The summed E-state index contributed by atoms with van der Waals surface area (Å²) in [6, 6.07) is 4.25. The molecule has 2 aliphatic carbocycles. The number of carboxylic acids is 1. The van der Waals surface area contributed by atoms with Crippen LogP contribution in [0.2, 0.25) is 0 Å². The molecular weight excluding hydrogens is 405 g/mol. The van der Waals surface area contributed by atoms with Crippen LogP contribution in [0.3, 0.4) is 0 Å². The summed E-state index contributed by atoms with van der Waals surface area (Å²) >= 11 is 1.89. The zero-order valence-corrected chi connectivity index (χ0v) is 14.2. The molecule has 2 aliphatic rings. The van der Waals surface area contributed by atoms with E-state index in [1.54, 1.807) is 0 Å². The summed E-state index contributed by atoms with van der Waals surface area (Å²) in [6.07, 6.45) is 4.32. The maximum Gasteiger partial charge on any atom is 0.336 e. The SMILES string of the molecule is O=C(O)c1cc(S(=O)(=O)NC(C2CC2)C2CC2)ccc1I. The van der Waals surface area contributed by atoms with Crippen LogP contribution in [-0.4, -0.2) is 25.5 Å². The van der Waals surface area contributed by atoms with Crippen molar-refractivity contribution in [3.63, 3.8) is 0 Å². The molecule has 0 aromatic heterocycles. The van der Waals surface area contributed by atoms with Crippen molar-refractivity contribution in [3.8, 4) is 0 Å². The van der Waals surface area contributed by atoms with Crippen LogP contribution in [0.4, 0.5) is 0 Å². The average Bonchev–Trinajstić information content (AvgIpc) is 3.27. The number of benzene rings is 1. The van der Waals surface area contributed by atoms with Gasteiger partial charge in [-0.1, -0.05) is 0 Å². The van der Waals surface area contributed by atoms with Crippen molar-refractivity contribution in [1.82, 2.24) is 4.72 Å². The van der Waals surface area contributed by atoms with Gasteiger partial charge in [-0.25, -0.2) is 17.9 Å². The third-order valence-corrected chi connectivity index (χ3v) is 6.43. The Balaban J connectivity index is 1.87. The zero-order valence-electron chi connectivity index (χ0n) is 11.3. The Morgan fingerprint density at radius 3 is 2.29 bits per heavy atom. The van der Waals surface area contributed by atoms with Crippen LogP contribution >= 0.6 is 22.6 Å². The molecule has 0 heterocycles. The first kappa shape index (κ1) is 15.2. The maximum atomic E-state index is 12.5. The van der Waals surface area contributed by atoms with E-state index < -0.39 is 16.0 Å². The van der Waals surface area contributed by atoms with E-state index in [1.165, 1.54) is 18.2 Å². The van der Waals surface area contributed by atoms with Gasteiger partial charge in [-0.3, -0.25) is 0 Å². The number of rotatable bonds is 6. The molecule has 21 heavy (non-hydrogen) atoms. The highest BCUT2D eigenvalue weighted by Crippen LogP contribution is 2.45. The second kappa shape index (κ2) is 5.51. The molecule has 5 nitrogen and oxygen atoms in total. The fourth-order valence-corrected chi connectivity index (χ4v) is 4.54. The molecular formula is C14H16INO4S. The lowest BCUT2D eigenvalue weighted by atomic mass is 10.1. The topological polar surface area (TPSA) is 83.5 Å². The van der Waals surface area contributed by atoms with E-state index in [4.69, 9.17) is 5.11 Å². The minimum absolute atomic E-state index is 0.0163. The van der Waals surface area contributed by atoms with E-state index in [1.807, 2.05) is 22.6 Å². The summed E-state index contributed by atoms with van der Waals surface area (Å²) in [4.78, 5) is 11.2. The van der Waals surface area contributed by atoms with Crippen molar-refractivity contribution in [3.05, 3.63) is 27.3 Å². The Morgan fingerprint density at radius 1 is 1.24 bits per heavy atom. The van der Waals surface area contributed by atoms with Gasteiger partial charge < -0.3 is 5.11 Å². The molecule has 0 unspecified atom stereocenters. The van der Waals surface area contributed by atoms with Crippen molar-refractivity contribution in [1.29, 1.82) is 0 Å². The molecule has 0 atom stereocenters. The van der Waals surface area contributed by atoms with Gasteiger partial charge in [0.1, 0.15) is 0 Å². The molecule has 0 aliphatic heterocycles. The van der Waals surface area contributed by atoms with Gasteiger partial charge in [-0.2, -0.15) is 0 Å². The first-order chi connectivity index (χ1) is 9.88. The second-order valence-corrected chi connectivity index (χ2v) is 8.64. The lowest BCUT2D eigenvalue weighted by Gasteiger charge is -2.18. The van der Waals surface area contributed by atoms with Gasteiger partial charge in [0.15, 0.2) is 0 Å². The fourth-order valence-electron chi connectivity index (χ4n) is 2.57. The van der Waals surface area contributed by atoms with Crippen molar-refractivity contribution in [2.75, 3.05) is 0 Å². The highest BCUT2D eigenvalue weighted by molar-refractivity contribution is 14.1. The number of halogens is 1. The molecule has 3 rings (SSSR count). The first-order valence-corrected chi connectivity index (χ1v) is 9.50. The van der Waals surface area contributed by atoms with Crippen molar-refractivity contribution in [2.24, 2.45) is 11.8 Å². The summed E-state index contributed by atoms with van der Waals surface area (Å²) in [5, 5.41) is 9.11. The highest BCUT2D eigenvalue weighted by Gasteiger charge is 2.43. The van der Waals surface area contributed by atoms with Gasteiger partial charge in [-0.15, -0.1) is 0 Å². The normalized spacial score (nSPS) is 19.0. The highest BCUT2D eigenvalue weighted by atomic mass is 127. The average molecular weight is 421 g/mol. The van der Waals surface area contributed by atoms with E-state index >= 15 is 0 Å². The van der Waals surface area contributed by atoms with E-state index in [2.05, 4.69) is 4.72 Å². The molecule has 2 saturated carbocycles. The van der Waals surface area contributed by atoms with Gasteiger partial charge in [-0.05, 0) is 78.3 Å². The van der Waals surface area contributed by atoms with E-state index in [9.17, 15) is 13.2 Å². The van der Waals surface area contributed by atoms with Gasteiger partial charge in [0, 0.05) is 9.61 Å². The molecule has 1 aromatic rings. The number of hydrogen-bond acceptors (Lipinski definition) is 3. The van der Waals surface area contributed by atoms with Crippen LogP contribution in [0.15, 0.2) is 23.1 Å². The monoisotopic (exact) mass is 421 g/mol. The van der Waals surface area contributed by atoms with Crippen LogP contribution in [0.1, 0.15) is 36.0 Å². The number of aromatic carboxylic acids is 1. The number of carbonyl (C=O) groups is 1. The molecule has 0 spiro atoms. The van der Waals surface area contributed by atoms with Crippen LogP contribution in [-0.2, 0) is 10.0 Å². The van der Waals surface area contributed by atoms with Crippen molar-refractivity contribution >= 4 is 38.6 Å². The van der Waals surface area contributed by atoms with Gasteiger partial charge in [0.05, 0.1) is 10.5 Å². The lowest BCUT2D eigenvalue weighted by Crippen LogP contribution is -2.38. The molecule has 7 heteroatoms. The predicted molar refractivity (Wildman–Crippen MR) is 85.7 cm³/mol. The molecule has 2 fully saturated rings. The van der Waals surface area contributed by atoms with E-state index in [-0.39, 0.29) is 16.5 Å². The fraction of sp³-hybridized carbons (Fsp3) is 0.500. The van der Waals surface area contributed by atoms with Crippen molar-refractivity contribution < 1.29 is 18.3 Å². The summed E-state index contributed by atoms with van der Waals surface area (Å²) in [6.45, 7) is 0. The summed E-state index contributed by atoms with van der Waals surface area (Å²) < 4.78 is 28.3. The Hall–Kier alpha value is -0.670. The third-order valence-electron chi connectivity index (χ3n) is 4.03. The Bertz CT molecular complexity index is 668. The Morgan fingerprint density at radius 2 is 1.81 bits per heavy atom. The smallest absolute Gasteiger partial charge is 0.336 e. The van der Waals surface area contributed by atoms with Gasteiger partial charge in [0.25, 0.3) is 0 Å². The van der Waals surface area contributed by atoms with Crippen molar-refractivity contribution in [2.45, 2.75) is 36.6 Å². The Labute approximate surface area is 137 Å². The second-order valence-electron chi connectivity index (χ2n) is 5.77. The standard InChI is InChI=1S/C14H16INO4S/c15-12-6-5-10(7-11(12)14(17)18)21(19,20)16-13(8-1-2-8)9-3-4-9/h5-9,13,16H,1-4H2,(H,17,18). The van der Waals surface area contributed by atoms with E-state index in [0.717, 1.165) is 25.7 Å². The molecule has 0 amide bonds. The number of hydrogen-bond donors (Lipinski definition) is 2. The summed E-state index contributed by atoms with van der Waals surface area (Å²) in [5.74, 6) is -0.206. The van der Waals surface area contributed by atoms with E-state index in [0.29, 0.717) is 15.4 Å². The maximum absolute atomic E-state index is 12.5. The molecule has 0 radical (unpaired) electrons. The first-order valence-electron chi connectivity index (χ1n) is 6.93. The van der Waals surface area contributed by atoms with Crippen LogP contribution < -0.4 is 4.72 Å². The molecule has 1 aromatic carbocycles. The van der Waals surface area contributed by atoms with Gasteiger partial charge >= 0.3 is 5.97 Å². The molecule has 0 saturated heterocycles. The minimum Gasteiger partial charge on any atom is -0.478 e. The van der Waals surface area contributed by atoms with Crippen LogP contribution in [0.25, 0.3) is 0 Å². The zero-order chi connectivity index (χ0) is 15.2. The number of nitrogens with one attached hydrogen (secondary N) is 1. The molecule has 0 bridgehead atoms. The van der Waals surface area contributed by atoms with Crippen LogP contribution in [0.5, 0.6) is 0 Å². The Kier molecular flexibility index (Phi) is 4.00. The summed E-state index contributed by atoms with van der Waals surface area (Å²) in [7, 11) is -3.66.